The van der Waals surface area contributed by atoms with Crippen molar-refractivity contribution in [3.05, 3.63) is 44.9 Å². The van der Waals surface area contributed by atoms with Crippen LogP contribution in [0.15, 0.2) is 23.6 Å². The lowest BCUT2D eigenvalue weighted by atomic mass is 9.90. The predicted molar refractivity (Wildman–Crippen MR) is 89.5 cm³/mol. The molecule has 0 radical (unpaired) electrons. The number of hydrogen-bond donors (Lipinski definition) is 0. The maximum absolute atomic E-state index is 6.24. The highest BCUT2D eigenvalue weighted by Crippen LogP contribution is 2.42. The quantitative estimate of drug-likeness (QED) is 0.789. The van der Waals surface area contributed by atoms with E-state index < -0.39 is 5.60 Å². The van der Waals surface area contributed by atoms with E-state index >= 15 is 0 Å². The van der Waals surface area contributed by atoms with Crippen molar-refractivity contribution in [1.29, 1.82) is 0 Å². The van der Waals surface area contributed by atoms with Gasteiger partial charge in [0.05, 0.1) is 25.5 Å². The summed E-state index contributed by atoms with van der Waals surface area (Å²) in [6.07, 6.45) is 2.52. The highest BCUT2D eigenvalue weighted by Gasteiger charge is 2.44. The van der Waals surface area contributed by atoms with Crippen molar-refractivity contribution in [1.82, 2.24) is 4.98 Å². The molecule has 0 saturated carbocycles. The van der Waals surface area contributed by atoms with Crippen LogP contribution < -0.4 is 4.74 Å². The monoisotopic (exact) mass is 351 g/mol. The summed E-state index contributed by atoms with van der Waals surface area (Å²) in [4.78, 5) is 5.87. The van der Waals surface area contributed by atoms with Crippen LogP contribution in [0, 0.1) is 0 Å². The van der Waals surface area contributed by atoms with Crippen molar-refractivity contribution in [2.75, 3.05) is 26.4 Å². The smallest absolute Gasteiger partial charge is 0.136 e. The zero-order valence-electron chi connectivity index (χ0n) is 12.7. The molecule has 2 aliphatic heterocycles. The number of hydrogen-bond acceptors (Lipinski definition) is 5. The molecule has 23 heavy (non-hydrogen) atoms. The second kappa shape index (κ2) is 6.40. The number of nitrogens with zero attached hydrogens (tertiary/aromatic N) is 1. The average Bonchev–Trinajstić information content (AvgIpc) is 3.21. The minimum absolute atomic E-state index is 0.440. The molecule has 4 rings (SSSR count). The van der Waals surface area contributed by atoms with Crippen LogP contribution in [-0.2, 0) is 27.9 Å². The van der Waals surface area contributed by atoms with Gasteiger partial charge >= 0.3 is 0 Å². The zero-order chi connectivity index (χ0) is 15.7. The van der Waals surface area contributed by atoms with Crippen LogP contribution in [0.5, 0.6) is 5.75 Å². The van der Waals surface area contributed by atoms with Gasteiger partial charge < -0.3 is 14.2 Å². The SMILES string of the molecule is Clc1cc(OCCc2cccs2)c2c(n1)C1(CCOC1)OCC2. The number of pyridine rings is 1. The number of halogens is 1. The third-order valence-corrected chi connectivity index (χ3v) is 5.52. The van der Waals surface area contributed by atoms with Crippen LogP contribution >= 0.6 is 22.9 Å². The van der Waals surface area contributed by atoms with E-state index in [1.165, 1.54) is 4.88 Å². The minimum Gasteiger partial charge on any atom is -0.493 e. The summed E-state index contributed by atoms with van der Waals surface area (Å²) < 4.78 is 17.6. The number of fused-ring (bicyclic) bond motifs is 2. The molecule has 1 saturated heterocycles. The van der Waals surface area contributed by atoms with Gasteiger partial charge in [-0.1, -0.05) is 17.7 Å². The van der Waals surface area contributed by atoms with E-state index in [2.05, 4.69) is 22.5 Å². The van der Waals surface area contributed by atoms with Crippen molar-refractivity contribution in [3.8, 4) is 5.75 Å². The van der Waals surface area contributed by atoms with Gasteiger partial charge in [-0.15, -0.1) is 11.3 Å². The molecule has 2 aromatic heterocycles. The van der Waals surface area contributed by atoms with Gasteiger partial charge in [0.25, 0.3) is 0 Å². The van der Waals surface area contributed by atoms with Crippen LogP contribution in [-0.4, -0.2) is 31.4 Å². The summed E-state index contributed by atoms with van der Waals surface area (Å²) in [6.45, 7) is 2.54. The fraction of sp³-hybridized carbons (Fsp3) is 0.471. The normalized spacial score (nSPS) is 23.2. The van der Waals surface area contributed by atoms with Crippen LogP contribution in [0.3, 0.4) is 0 Å². The van der Waals surface area contributed by atoms with Gasteiger partial charge in [-0.3, -0.25) is 0 Å². The molecule has 1 atom stereocenters. The Bertz CT molecular complexity index is 683. The van der Waals surface area contributed by atoms with Gasteiger partial charge in [0, 0.05) is 42.4 Å². The van der Waals surface area contributed by atoms with Crippen LogP contribution in [0.1, 0.15) is 22.6 Å². The molecule has 0 bridgehead atoms. The highest BCUT2D eigenvalue weighted by molar-refractivity contribution is 7.09. The standard InChI is InChI=1S/C17H18ClNO3S/c18-15-10-14(21-6-3-12-2-1-9-23-12)13-4-7-22-17(16(13)19-15)5-8-20-11-17/h1-2,9-10H,3-8,11H2. The van der Waals surface area contributed by atoms with Crippen molar-refractivity contribution in [2.24, 2.45) is 0 Å². The lowest BCUT2D eigenvalue weighted by Crippen LogP contribution is -2.37. The molecule has 2 aromatic rings. The topological polar surface area (TPSA) is 40.6 Å². The molecule has 4 heterocycles. The van der Waals surface area contributed by atoms with Crippen LogP contribution in [0.25, 0.3) is 0 Å². The Balaban J connectivity index is 1.59. The summed E-state index contributed by atoms with van der Waals surface area (Å²) in [7, 11) is 0. The molecule has 1 unspecified atom stereocenters. The first-order valence-corrected chi connectivity index (χ1v) is 9.09. The molecule has 4 nitrogen and oxygen atoms in total. The van der Waals surface area contributed by atoms with Crippen molar-refractivity contribution in [3.63, 3.8) is 0 Å². The van der Waals surface area contributed by atoms with Gasteiger partial charge in [0.1, 0.15) is 16.5 Å². The molecule has 0 aromatic carbocycles. The lowest BCUT2D eigenvalue weighted by molar-refractivity contribution is -0.0670. The second-order valence-corrected chi connectivity index (χ2v) is 7.26. The summed E-state index contributed by atoms with van der Waals surface area (Å²) >= 11 is 7.99. The molecule has 6 heteroatoms. The Morgan fingerprint density at radius 2 is 2.35 bits per heavy atom. The van der Waals surface area contributed by atoms with E-state index in [0.29, 0.717) is 31.6 Å². The summed E-state index contributed by atoms with van der Waals surface area (Å²) in [6, 6.07) is 6.01. The maximum atomic E-state index is 6.24. The molecular weight excluding hydrogens is 334 g/mol. The average molecular weight is 352 g/mol. The van der Waals surface area contributed by atoms with E-state index in [1.807, 2.05) is 6.07 Å². The fourth-order valence-electron chi connectivity index (χ4n) is 3.25. The molecule has 1 fully saturated rings. The van der Waals surface area contributed by atoms with Crippen molar-refractivity contribution in [2.45, 2.75) is 24.9 Å². The van der Waals surface area contributed by atoms with Crippen molar-refractivity contribution >= 4 is 22.9 Å². The third-order valence-electron chi connectivity index (χ3n) is 4.39. The van der Waals surface area contributed by atoms with E-state index in [-0.39, 0.29) is 0 Å². The van der Waals surface area contributed by atoms with E-state index in [4.69, 9.17) is 25.8 Å². The Morgan fingerprint density at radius 1 is 1.39 bits per heavy atom. The van der Waals surface area contributed by atoms with Gasteiger partial charge in [0.2, 0.25) is 0 Å². The maximum Gasteiger partial charge on any atom is 0.136 e. The summed E-state index contributed by atoms with van der Waals surface area (Å²) in [5.41, 5.74) is 1.59. The second-order valence-electron chi connectivity index (χ2n) is 5.84. The van der Waals surface area contributed by atoms with Gasteiger partial charge in [-0.05, 0) is 11.4 Å². The Labute approximate surface area is 144 Å². The summed E-state index contributed by atoms with van der Waals surface area (Å²) in [5, 5.41) is 2.54. The largest absolute Gasteiger partial charge is 0.493 e. The third kappa shape index (κ3) is 2.98. The Hall–Kier alpha value is -1.14. The van der Waals surface area contributed by atoms with Gasteiger partial charge in [-0.25, -0.2) is 4.98 Å². The predicted octanol–water partition coefficient (Wildman–Crippen LogP) is 3.61. The minimum atomic E-state index is -0.440. The first kappa shape index (κ1) is 15.4. The van der Waals surface area contributed by atoms with E-state index in [0.717, 1.165) is 36.3 Å². The Morgan fingerprint density at radius 3 is 3.13 bits per heavy atom. The molecule has 1 spiro atoms. The first-order chi connectivity index (χ1) is 11.3. The molecule has 0 N–H and O–H groups in total. The number of ether oxygens (including phenoxy) is 3. The molecule has 122 valence electrons. The number of rotatable bonds is 4. The first-order valence-electron chi connectivity index (χ1n) is 7.84. The molecular formula is C17H18ClNO3S. The molecule has 0 aliphatic carbocycles. The van der Waals surface area contributed by atoms with Crippen molar-refractivity contribution < 1.29 is 14.2 Å². The van der Waals surface area contributed by atoms with E-state index in [9.17, 15) is 0 Å². The highest BCUT2D eigenvalue weighted by atomic mass is 35.5. The fourth-order valence-corrected chi connectivity index (χ4v) is 4.12. The molecule has 2 aliphatic rings. The number of aromatic nitrogens is 1. The zero-order valence-corrected chi connectivity index (χ0v) is 14.3. The number of thiophene rings is 1. The van der Waals surface area contributed by atoms with E-state index in [1.54, 1.807) is 11.3 Å². The van der Waals surface area contributed by atoms with Gasteiger partial charge in [0.15, 0.2) is 0 Å². The lowest BCUT2D eigenvalue weighted by Gasteiger charge is -2.34. The van der Waals surface area contributed by atoms with Crippen LogP contribution in [0.4, 0.5) is 0 Å². The summed E-state index contributed by atoms with van der Waals surface area (Å²) in [5.74, 6) is 0.839. The van der Waals surface area contributed by atoms with Crippen LogP contribution in [0.2, 0.25) is 5.15 Å². The molecule has 0 amide bonds. The van der Waals surface area contributed by atoms with Gasteiger partial charge in [-0.2, -0.15) is 0 Å². The Kier molecular flexibility index (Phi) is 4.28.